The topological polar surface area (TPSA) is 83.5 Å². The number of hydrogen-bond acceptors (Lipinski definition) is 4. The summed E-state index contributed by atoms with van der Waals surface area (Å²) in [5.41, 5.74) is -1.28. The van der Waals surface area contributed by atoms with E-state index in [1.165, 1.54) is 0 Å². The van der Waals surface area contributed by atoms with Crippen LogP contribution in [-0.4, -0.2) is 43.1 Å². The number of carboxylic acids is 1. The number of nitrogens with one attached hydrogen (secondary N) is 1. The van der Waals surface area contributed by atoms with Gasteiger partial charge in [0.1, 0.15) is 5.54 Å². The van der Waals surface area contributed by atoms with Gasteiger partial charge >= 0.3 is 5.97 Å². The first kappa shape index (κ1) is 13.4. The van der Waals surface area contributed by atoms with E-state index in [4.69, 9.17) is 0 Å². The van der Waals surface area contributed by atoms with Gasteiger partial charge in [0.2, 0.25) is 0 Å². The van der Waals surface area contributed by atoms with Gasteiger partial charge in [-0.1, -0.05) is 13.8 Å². The first-order valence-electron chi connectivity index (χ1n) is 5.46. The molecule has 1 fully saturated rings. The SMILES string of the molecule is CC(C)CNC1(C(=O)O)CCCS(=O)(=O)C1. The van der Waals surface area contributed by atoms with Crippen molar-refractivity contribution in [1.82, 2.24) is 5.32 Å². The highest BCUT2D eigenvalue weighted by Crippen LogP contribution is 2.23. The van der Waals surface area contributed by atoms with Crippen LogP contribution < -0.4 is 5.32 Å². The molecular weight excluding hydrogens is 230 g/mol. The van der Waals surface area contributed by atoms with Crippen LogP contribution >= 0.6 is 0 Å². The van der Waals surface area contributed by atoms with Crippen LogP contribution in [0.2, 0.25) is 0 Å². The predicted molar refractivity (Wildman–Crippen MR) is 61.1 cm³/mol. The van der Waals surface area contributed by atoms with Crippen molar-refractivity contribution in [2.45, 2.75) is 32.2 Å². The lowest BCUT2D eigenvalue weighted by atomic mass is 9.95. The molecule has 2 N–H and O–H groups in total. The quantitative estimate of drug-likeness (QED) is 0.747. The molecule has 0 aliphatic carbocycles. The minimum Gasteiger partial charge on any atom is -0.480 e. The summed E-state index contributed by atoms with van der Waals surface area (Å²) in [4.78, 5) is 11.2. The van der Waals surface area contributed by atoms with Crippen molar-refractivity contribution in [2.24, 2.45) is 5.92 Å². The summed E-state index contributed by atoms with van der Waals surface area (Å²) in [6.45, 7) is 4.43. The lowest BCUT2D eigenvalue weighted by molar-refractivity contribution is -0.144. The fourth-order valence-electron chi connectivity index (χ4n) is 1.90. The Hall–Kier alpha value is -0.620. The summed E-state index contributed by atoms with van der Waals surface area (Å²) in [6.07, 6.45) is 0.800. The molecule has 1 aliphatic heterocycles. The van der Waals surface area contributed by atoms with Gasteiger partial charge in [0.05, 0.1) is 11.5 Å². The second-order valence-electron chi connectivity index (χ2n) is 4.86. The van der Waals surface area contributed by atoms with Crippen LogP contribution in [0, 0.1) is 5.92 Å². The monoisotopic (exact) mass is 249 g/mol. The van der Waals surface area contributed by atoms with Crippen molar-refractivity contribution >= 4 is 15.8 Å². The van der Waals surface area contributed by atoms with Crippen LogP contribution in [0.3, 0.4) is 0 Å². The van der Waals surface area contributed by atoms with Gasteiger partial charge in [0.15, 0.2) is 9.84 Å². The molecule has 0 bridgehead atoms. The molecule has 0 spiro atoms. The van der Waals surface area contributed by atoms with Crippen LogP contribution in [-0.2, 0) is 14.6 Å². The summed E-state index contributed by atoms with van der Waals surface area (Å²) in [6, 6.07) is 0. The minimum absolute atomic E-state index is 0.103. The van der Waals surface area contributed by atoms with Gasteiger partial charge in [0.25, 0.3) is 0 Å². The third kappa shape index (κ3) is 3.18. The Morgan fingerprint density at radius 2 is 2.12 bits per heavy atom. The highest BCUT2D eigenvalue weighted by molar-refractivity contribution is 7.91. The Morgan fingerprint density at radius 1 is 1.50 bits per heavy atom. The van der Waals surface area contributed by atoms with Gasteiger partial charge in [-0.2, -0.15) is 0 Å². The zero-order valence-corrected chi connectivity index (χ0v) is 10.5. The molecule has 5 nitrogen and oxygen atoms in total. The molecule has 1 heterocycles. The maximum Gasteiger partial charge on any atom is 0.324 e. The largest absolute Gasteiger partial charge is 0.480 e. The molecule has 1 atom stereocenters. The molecule has 0 amide bonds. The minimum atomic E-state index is -3.23. The number of carbonyl (C=O) groups is 1. The number of hydrogen-bond donors (Lipinski definition) is 2. The Bertz CT molecular complexity index is 363. The molecular formula is C10H19NO4S. The summed E-state index contributed by atoms with van der Waals surface area (Å²) in [5.74, 6) is -0.953. The van der Waals surface area contributed by atoms with E-state index in [1.807, 2.05) is 13.8 Å². The third-order valence-electron chi connectivity index (χ3n) is 2.78. The maximum absolute atomic E-state index is 11.5. The summed E-state index contributed by atoms with van der Waals surface area (Å²) in [7, 11) is -3.23. The second kappa shape index (κ2) is 4.71. The van der Waals surface area contributed by atoms with Crippen molar-refractivity contribution in [3.8, 4) is 0 Å². The summed E-state index contributed by atoms with van der Waals surface area (Å²) in [5, 5.41) is 12.1. The van der Waals surface area contributed by atoms with Crippen molar-refractivity contribution in [3.63, 3.8) is 0 Å². The molecule has 0 aromatic heterocycles. The van der Waals surface area contributed by atoms with E-state index in [2.05, 4.69) is 5.32 Å². The van der Waals surface area contributed by atoms with Gasteiger partial charge in [-0.25, -0.2) is 8.42 Å². The summed E-state index contributed by atoms with van der Waals surface area (Å²) >= 11 is 0. The molecule has 6 heteroatoms. The van der Waals surface area contributed by atoms with Crippen LogP contribution in [0.1, 0.15) is 26.7 Å². The molecule has 1 rings (SSSR count). The predicted octanol–water partition coefficient (Wildman–Crippen LogP) is 0.264. The van der Waals surface area contributed by atoms with Crippen molar-refractivity contribution < 1.29 is 18.3 Å². The fourth-order valence-corrected chi connectivity index (χ4v) is 3.75. The lowest BCUT2D eigenvalue weighted by Gasteiger charge is -2.34. The van der Waals surface area contributed by atoms with E-state index in [1.54, 1.807) is 0 Å². The normalized spacial score (nSPS) is 29.2. The fraction of sp³-hybridized carbons (Fsp3) is 0.900. The molecule has 94 valence electrons. The van der Waals surface area contributed by atoms with E-state index in [0.29, 0.717) is 25.3 Å². The Balaban J connectivity index is 2.84. The molecule has 16 heavy (non-hydrogen) atoms. The third-order valence-corrected chi connectivity index (χ3v) is 4.63. The van der Waals surface area contributed by atoms with Gasteiger partial charge in [-0.3, -0.25) is 4.79 Å². The van der Waals surface area contributed by atoms with Crippen LogP contribution in [0.5, 0.6) is 0 Å². The Kier molecular flexibility index (Phi) is 3.96. The summed E-state index contributed by atoms with van der Waals surface area (Å²) < 4.78 is 23.0. The second-order valence-corrected chi connectivity index (χ2v) is 7.04. The van der Waals surface area contributed by atoms with E-state index in [0.717, 1.165) is 0 Å². The van der Waals surface area contributed by atoms with Gasteiger partial charge in [0, 0.05) is 0 Å². The maximum atomic E-state index is 11.5. The molecule has 1 saturated heterocycles. The number of sulfone groups is 1. The van der Waals surface area contributed by atoms with E-state index in [9.17, 15) is 18.3 Å². The smallest absolute Gasteiger partial charge is 0.324 e. The molecule has 0 saturated carbocycles. The highest BCUT2D eigenvalue weighted by Gasteiger charge is 2.44. The van der Waals surface area contributed by atoms with Gasteiger partial charge in [-0.05, 0) is 25.3 Å². The zero-order valence-electron chi connectivity index (χ0n) is 9.69. The van der Waals surface area contributed by atoms with E-state index < -0.39 is 21.3 Å². The average Bonchev–Trinajstić information content (AvgIpc) is 2.13. The first-order valence-corrected chi connectivity index (χ1v) is 7.28. The van der Waals surface area contributed by atoms with Crippen LogP contribution in [0.15, 0.2) is 0 Å². The molecule has 0 aromatic carbocycles. The molecule has 1 unspecified atom stereocenters. The molecule has 1 aliphatic rings. The van der Waals surface area contributed by atoms with E-state index >= 15 is 0 Å². The van der Waals surface area contributed by atoms with Crippen LogP contribution in [0.25, 0.3) is 0 Å². The van der Waals surface area contributed by atoms with Crippen molar-refractivity contribution in [2.75, 3.05) is 18.1 Å². The molecule has 0 aromatic rings. The standard InChI is InChI=1S/C10H19NO4S/c1-8(2)6-11-10(9(12)13)4-3-5-16(14,15)7-10/h8,11H,3-7H2,1-2H3,(H,12,13). The Morgan fingerprint density at radius 3 is 2.56 bits per heavy atom. The number of rotatable bonds is 4. The van der Waals surface area contributed by atoms with Crippen molar-refractivity contribution in [3.05, 3.63) is 0 Å². The average molecular weight is 249 g/mol. The van der Waals surface area contributed by atoms with Crippen LogP contribution in [0.4, 0.5) is 0 Å². The Labute approximate surface area is 96.1 Å². The number of aliphatic carboxylic acids is 1. The lowest BCUT2D eigenvalue weighted by Crippen LogP contribution is -2.59. The zero-order chi connectivity index (χ0) is 12.4. The van der Waals surface area contributed by atoms with Gasteiger partial charge in [-0.15, -0.1) is 0 Å². The first-order chi connectivity index (χ1) is 7.27. The highest BCUT2D eigenvalue weighted by atomic mass is 32.2. The van der Waals surface area contributed by atoms with E-state index in [-0.39, 0.29) is 11.5 Å². The van der Waals surface area contributed by atoms with Gasteiger partial charge < -0.3 is 10.4 Å². The molecule has 0 radical (unpaired) electrons. The number of carboxylic acid groups (broad SMARTS) is 1. The van der Waals surface area contributed by atoms with Crippen molar-refractivity contribution in [1.29, 1.82) is 0 Å².